The van der Waals surface area contributed by atoms with Gasteiger partial charge in [0.1, 0.15) is 0 Å². The van der Waals surface area contributed by atoms with Gasteiger partial charge in [0, 0.05) is 0 Å². The first-order valence-corrected chi connectivity index (χ1v) is 8.92. The Morgan fingerprint density at radius 3 is 2.48 bits per heavy atom. The molecule has 0 aliphatic rings. The summed E-state index contributed by atoms with van der Waals surface area (Å²) in [5.74, 6) is -0.0400. The van der Waals surface area contributed by atoms with Gasteiger partial charge in [-0.3, -0.25) is 0 Å². The molecule has 1 heterocycles. The fraction of sp³-hybridized carbons (Fsp3) is 0.0625. The van der Waals surface area contributed by atoms with Crippen molar-refractivity contribution >= 4 is 37.5 Å². The zero-order valence-electron chi connectivity index (χ0n) is 11.1. The van der Waals surface area contributed by atoms with Crippen LogP contribution in [0.15, 0.2) is 65.0 Å². The summed E-state index contributed by atoms with van der Waals surface area (Å²) in [6.07, 6.45) is 3.47. The van der Waals surface area contributed by atoms with Crippen molar-refractivity contribution in [3.05, 3.63) is 66.2 Å². The number of aromatic nitrogens is 1. The van der Waals surface area contributed by atoms with E-state index in [1.54, 1.807) is 6.08 Å². The average molecular weight is 315 g/mol. The number of fused-ring (bicyclic) bond motifs is 1. The van der Waals surface area contributed by atoms with Gasteiger partial charge in [-0.15, -0.1) is 11.3 Å². The van der Waals surface area contributed by atoms with E-state index >= 15 is 0 Å². The molecule has 0 N–H and O–H groups in total. The molecule has 0 aliphatic heterocycles. The van der Waals surface area contributed by atoms with Crippen molar-refractivity contribution in [2.24, 2.45) is 0 Å². The van der Waals surface area contributed by atoms with Gasteiger partial charge >= 0.3 is 0 Å². The molecule has 0 bridgehead atoms. The van der Waals surface area contributed by atoms with Crippen molar-refractivity contribution in [2.45, 2.75) is 4.34 Å². The molecule has 0 spiro atoms. The molecule has 0 saturated carbocycles. The van der Waals surface area contributed by atoms with E-state index in [0.29, 0.717) is 0 Å². The number of benzene rings is 2. The lowest BCUT2D eigenvalue weighted by molar-refractivity contribution is 0.598. The Kier molecular flexibility index (Phi) is 3.86. The van der Waals surface area contributed by atoms with E-state index in [0.717, 1.165) is 15.8 Å². The summed E-state index contributed by atoms with van der Waals surface area (Å²) in [5, 5.41) is 0. The van der Waals surface area contributed by atoms with Gasteiger partial charge in [0.2, 0.25) is 14.2 Å². The van der Waals surface area contributed by atoms with Crippen LogP contribution in [0.3, 0.4) is 0 Å². The lowest BCUT2D eigenvalue weighted by atomic mass is 10.2. The molecule has 1 aromatic heterocycles. The Labute approximate surface area is 127 Å². The molecule has 3 nitrogen and oxygen atoms in total. The van der Waals surface area contributed by atoms with E-state index in [-0.39, 0.29) is 10.1 Å². The molecular formula is C16H13NO2S2. The number of hydrogen-bond acceptors (Lipinski definition) is 4. The third-order valence-electron chi connectivity index (χ3n) is 2.97. The van der Waals surface area contributed by atoms with Crippen molar-refractivity contribution < 1.29 is 8.42 Å². The Morgan fingerprint density at radius 1 is 1.00 bits per heavy atom. The maximum atomic E-state index is 12.3. The minimum Gasteiger partial charge on any atom is -0.225 e. The first-order valence-electron chi connectivity index (χ1n) is 6.45. The Bertz CT molecular complexity index is 848. The van der Waals surface area contributed by atoms with Gasteiger partial charge in [0.15, 0.2) is 0 Å². The maximum Gasteiger partial charge on any atom is 0.210 e. The van der Waals surface area contributed by atoms with Crippen LogP contribution >= 0.6 is 11.3 Å². The smallest absolute Gasteiger partial charge is 0.210 e. The lowest BCUT2D eigenvalue weighted by Gasteiger charge is -1.95. The van der Waals surface area contributed by atoms with Crippen molar-refractivity contribution in [3.63, 3.8) is 0 Å². The number of para-hydroxylation sites is 1. The highest BCUT2D eigenvalue weighted by Crippen LogP contribution is 2.25. The molecule has 0 fully saturated rings. The molecule has 0 atom stereocenters. The Balaban J connectivity index is 1.82. The molecule has 0 unspecified atom stereocenters. The second kappa shape index (κ2) is 5.79. The highest BCUT2D eigenvalue weighted by molar-refractivity contribution is 7.93. The molecule has 0 aliphatic carbocycles. The van der Waals surface area contributed by atoms with Gasteiger partial charge in [-0.2, -0.15) is 0 Å². The van der Waals surface area contributed by atoms with Gasteiger partial charge in [-0.25, -0.2) is 13.4 Å². The summed E-state index contributed by atoms with van der Waals surface area (Å²) in [4.78, 5) is 4.21. The standard InChI is InChI=1S/C16H13NO2S2/c18-21(19,12-6-9-13-7-2-1-3-8-13)16-17-14-10-4-5-11-15(14)20-16/h1-11H,12H2/b9-6+. The van der Waals surface area contributed by atoms with Gasteiger partial charge in [0.05, 0.1) is 16.0 Å². The maximum absolute atomic E-state index is 12.3. The van der Waals surface area contributed by atoms with Crippen LogP contribution in [0.1, 0.15) is 5.56 Å². The van der Waals surface area contributed by atoms with E-state index in [4.69, 9.17) is 0 Å². The molecule has 0 amide bonds. The predicted octanol–water partition coefficient (Wildman–Crippen LogP) is 3.78. The van der Waals surface area contributed by atoms with Crippen molar-refractivity contribution in [2.75, 3.05) is 5.75 Å². The van der Waals surface area contributed by atoms with Crippen LogP contribution < -0.4 is 0 Å². The second-order valence-electron chi connectivity index (χ2n) is 4.54. The number of thiazole rings is 1. The third kappa shape index (κ3) is 3.20. The summed E-state index contributed by atoms with van der Waals surface area (Å²) in [6.45, 7) is 0. The lowest BCUT2D eigenvalue weighted by Crippen LogP contribution is -2.03. The molecule has 0 radical (unpaired) electrons. The van der Waals surface area contributed by atoms with E-state index in [2.05, 4.69) is 4.98 Å². The molecule has 3 rings (SSSR count). The summed E-state index contributed by atoms with van der Waals surface area (Å²) in [7, 11) is -3.37. The summed E-state index contributed by atoms with van der Waals surface area (Å²) < 4.78 is 25.7. The molecule has 106 valence electrons. The normalized spacial score (nSPS) is 12.2. The third-order valence-corrected chi connectivity index (χ3v) is 6.06. The van der Waals surface area contributed by atoms with E-state index in [1.165, 1.54) is 11.3 Å². The van der Waals surface area contributed by atoms with E-state index in [1.807, 2.05) is 60.7 Å². The minimum absolute atomic E-state index is 0.0400. The van der Waals surface area contributed by atoms with Gasteiger partial charge < -0.3 is 0 Å². The number of nitrogens with zero attached hydrogens (tertiary/aromatic N) is 1. The minimum atomic E-state index is -3.37. The molecule has 2 aromatic carbocycles. The zero-order chi connectivity index (χ0) is 14.7. The molecule has 3 aromatic rings. The highest BCUT2D eigenvalue weighted by Gasteiger charge is 2.17. The number of hydrogen-bond donors (Lipinski definition) is 0. The fourth-order valence-electron chi connectivity index (χ4n) is 1.93. The monoisotopic (exact) mass is 315 g/mol. The van der Waals surface area contributed by atoms with E-state index < -0.39 is 9.84 Å². The second-order valence-corrected chi connectivity index (χ2v) is 7.78. The van der Waals surface area contributed by atoms with Crippen molar-refractivity contribution in [1.29, 1.82) is 0 Å². The van der Waals surface area contributed by atoms with Crippen LogP contribution in [0.2, 0.25) is 0 Å². The molecule has 0 saturated heterocycles. The zero-order valence-corrected chi connectivity index (χ0v) is 12.8. The Morgan fingerprint density at radius 2 is 1.71 bits per heavy atom. The average Bonchev–Trinajstić information content (AvgIpc) is 2.93. The van der Waals surface area contributed by atoms with Crippen LogP contribution in [0.5, 0.6) is 0 Å². The van der Waals surface area contributed by atoms with Crippen LogP contribution in [0.4, 0.5) is 0 Å². The van der Waals surface area contributed by atoms with Crippen LogP contribution in [-0.4, -0.2) is 19.2 Å². The van der Waals surface area contributed by atoms with Crippen molar-refractivity contribution in [3.8, 4) is 0 Å². The molecule has 5 heteroatoms. The summed E-state index contributed by atoms with van der Waals surface area (Å²) >= 11 is 1.22. The highest BCUT2D eigenvalue weighted by atomic mass is 32.2. The van der Waals surface area contributed by atoms with Crippen LogP contribution in [0, 0.1) is 0 Å². The SMILES string of the molecule is O=S(=O)(C/C=C/c1ccccc1)c1nc2ccccc2s1. The van der Waals surface area contributed by atoms with Gasteiger partial charge in [-0.1, -0.05) is 54.6 Å². The first-order chi connectivity index (χ1) is 10.1. The van der Waals surface area contributed by atoms with E-state index in [9.17, 15) is 8.42 Å². The first kappa shape index (κ1) is 14.0. The van der Waals surface area contributed by atoms with Crippen molar-refractivity contribution in [1.82, 2.24) is 4.98 Å². The largest absolute Gasteiger partial charge is 0.225 e. The number of rotatable bonds is 4. The quantitative estimate of drug-likeness (QED) is 0.736. The molecule has 21 heavy (non-hydrogen) atoms. The summed E-state index contributed by atoms with van der Waals surface area (Å²) in [6, 6.07) is 17.1. The van der Waals surface area contributed by atoms with Gasteiger partial charge in [0.25, 0.3) is 0 Å². The van der Waals surface area contributed by atoms with Crippen LogP contribution in [0.25, 0.3) is 16.3 Å². The number of sulfone groups is 1. The predicted molar refractivity (Wildman–Crippen MR) is 87.1 cm³/mol. The topological polar surface area (TPSA) is 47.0 Å². The summed E-state index contributed by atoms with van der Waals surface area (Å²) in [5.41, 5.74) is 1.71. The van der Waals surface area contributed by atoms with Gasteiger partial charge in [-0.05, 0) is 17.7 Å². The Hall–Kier alpha value is -1.98. The van der Waals surface area contributed by atoms with Crippen LogP contribution in [-0.2, 0) is 9.84 Å². The fourth-order valence-corrected chi connectivity index (χ4v) is 4.34. The molecular weight excluding hydrogens is 302 g/mol.